The second kappa shape index (κ2) is 10.4. The Bertz CT molecular complexity index is 569. The average Bonchev–Trinajstić information content (AvgIpc) is 2.59. The van der Waals surface area contributed by atoms with Gasteiger partial charge in [-0.1, -0.05) is 15.9 Å². The van der Waals surface area contributed by atoms with Gasteiger partial charge < -0.3 is 21.1 Å². The van der Waals surface area contributed by atoms with Gasteiger partial charge in [-0.15, -0.1) is 0 Å². The molecule has 1 saturated carbocycles. The number of halogens is 1. The molecule has 7 heteroatoms. The van der Waals surface area contributed by atoms with Crippen LogP contribution in [0.25, 0.3) is 0 Å². The smallest absolute Gasteiger partial charge is 0.226 e. The summed E-state index contributed by atoms with van der Waals surface area (Å²) in [6.45, 7) is 3.21. The molecule has 1 fully saturated rings. The molecule has 138 valence electrons. The van der Waals surface area contributed by atoms with Crippen LogP contribution < -0.4 is 16.0 Å². The molecule has 25 heavy (non-hydrogen) atoms. The summed E-state index contributed by atoms with van der Waals surface area (Å²) in [6.07, 6.45) is 3.69. The number of carbonyl (C=O) groups excluding carboxylic acids is 1. The maximum absolute atomic E-state index is 12.0. The molecule has 0 unspecified atom stereocenters. The molecule has 0 atom stereocenters. The molecule has 6 nitrogen and oxygen atoms in total. The number of benzene rings is 1. The summed E-state index contributed by atoms with van der Waals surface area (Å²) in [5.41, 5.74) is 0.781. The van der Waals surface area contributed by atoms with E-state index in [0.717, 1.165) is 48.3 Å². The Morgan fingerprint density at radius 3 is 2.56 bits per heavy atom. The number of guanidine groups is 1. The quantitative estimate of drug-likeness (QED) is 0.428. The predicted molar refractivity (Wildman–Crippen MR) is 105 cm³/mol. The minimum absolute atomic E-state index is 0.0530. The van der Waals surface area contributed by atoms with Crippen LogP contribution in [0.5, 0.6) is 0 Å². The fraction of sp³-hybridized carbons (Fsp3) is 0.556. The number of aliphatic hydroxyl groups excluding tert-OH is 1. The van der Waals surface area contributed by atoms with Crippen molar-refractivity contribution in [1.29, 1.82) is 0 Å². The third-order valence-corrected chi connectivity index (χ3v) is 4.65. The summed E-state index contributed by atoms with van der Waals surface area (Å²) >= 11 is 3.37. The Hall–Kier alpha value is -1.60. The van der Waals surface area contributed by atoms with Crippen molar-refractivity contribution >= 4 is 33.5 Å². The van der Waals surface area contributed by atoms with Gasteiger partial charge in [0.25, 0.3) is 0 Å². The van der Waals surface area contributed by atoms with Gasteiger partial charge >= 0.3 is 0 Å². The molecular formula is C18H27BrN4O2. The third-order valence-electron chi connectivity index (χ3n) is 4.12. The molecule has 0 saturated heterocycles. The van der Waals surface area contributed by atoms with Gasteiger partial charge in [-0.3, -0.25) is 9.79 Å². The van der Waals surface area contributed by atoms with Crippen LogP contribution in [0, 0.1) is 0 Å². The van der Waals surface area contributed by atoms with E-state index in [2.05, 4.69) is 36.9 Å². The number of hydrogen-bond acceptors (Lipinski definition) is 3. The second-order valence-electron chi connectivity index (χ2n) is 6.22. The molecule has 2 rings (SSSR count). The minimum atomic E-state index is -0.167. The van der Waals surface area contributed by atoms with E-state index in [1.54, 1.807) is 0 Å². The van der Waals surface area contributed by atoms with Gasteiger partial charge in [-0.2, -0.15) is 0 Å². The lowest BCUT2D eigenvalue weighted by Crippen LogP contribution is -2.45. The molecule has 0 aliphatic heterocycles. The van der Waals surface area contributed by atoms with Crippen LogP contribution >= 0.6 is 15.9 Å². The number of anilines is 1. The summed E-state index contributed by atoms with van der Waals surface area (Å²) in [5.74, 6) is 0.683. The molecule has 0 heterocycles. The van der Waals surface area contributed by atoms with Crippen molar-refractivity contribution in [2.45, 2.75) is 51.2 Å². The topological polar surface area (TPSA) is 85.8 Å². The number of rotatable bonds is 6. The first kappa shape index (κ1) is 19.7. The lowest BCUT2D eigenvalue weighted by molar-refractivity contribution is -0.116. The van der Waals surface area contributed by atoms with E-state index in [0.29, 0.717) is 19.0 Å². The van der Waals surface area contributed by atoms with Gasteiger partial charge in [-0.25, -0.2) is 0 Å². The van der Waals surface area contributed by atoms with Crippen LogP contribution in [0.4, 0.5) is 5.69 Å². The zero-order valence-electron chi connectivity index (χ0n) is 14.6. The van der Waals surface area contributed by atoms with Crippen LogP contribution in [0.2, 0.25) is 0 Å². The summed E-state index contributed by atoms with van der Waals surface area (Å²) in [4.78, 5) is 16.5. The Morgan fingerprint density at radius 2 is 1.92 bits per heavy atom. The third kappa shape index (κ3) is 7.44. The van der Waals surface area contributed by atoms with Crippen molar-refractivity contribution in [3.8, 4) is 0 Å². The van der Waals surface area contributed by atoms with E-state index >= 15 is 0 Å². The number of aliphatic hydroxyl groups is 1. The van der Waals surface area contributed by atoms with E-state index in [-0.39, 0.29) is 12.0 Å². The van der Waals surface area contributed by atoms with E-state index < -0.39 is 0 Å². The SMILES string of the molecule is CCNC(=NCCC(=O)Nc1ccc(Br)cc1)NC1CCC(O)CC1. The molecule has 1 aromatic carbocycles. The standard InChI is InChI=1S/C18H27BrN4O2/c1-2-20-18(23-15-7-9-16(24)10-8-15)21-12-11-17(25)22-14-5-3-13(19)4-6-14/h3-6,15-16,24H,2,7-12H2,1H3,(H,22,25)(H2,20,21,23). The highest BCUT2D eigenvalue weighted by molar-refractivity contribution is 9.10. The van der Waals surface area contributed by atoms with Crippen LogP contribution in [0.3, 0.4) is 0 Å². The number of nitrogens with one attached hydrogen (secondary N) is 3. The number of amides is 1. The fourth-order valence-corrected chi connectivity index (χ4v) is 3.02. The van der Waals surface area contributed by atoms with Gasteiger partial charge in [0, 0.05) is 29.2 Å². The normalized spacial score (nSPS) is 20.8. The summed E-state index contributed by atoms with van der Waals surface area (Å²) in [7, 11) is 0. The number of nitrogens with zero attached hydrogens (tertiary/aromatic N) is 1. The number of aliphatic imine (C=N–C) groups is 1. The van der Waals surface area contributed by atoms with Gasteiger partial charge in [0.15, 0.2) is 5.96 Å². The average molecular weight is 411 g/mol. The molecule has 0 aromatic heterocycles. The summed E-state index contributed by atoms with van der Waals surface area (Å²) in [5, 5.41) is 19.1. The molecular weight excluding hydrogens is 384 g/mol. The lowest BCUT2D eigenvalue weighted by Gasteiger charge is -2.27. The van der Waals surface area contributed by atoms with E-state index in [9.17, 15) is 9.90 Å². The zero-order chi connectivity index (χ0) is 18.1. The van der Waals surface area contributed by atoms with Crippen molar-refractivity contribution < 1.29 is 9.90 Å². The van der Waals surface area contributed by atoms with Crippen molar-refractivity contribution in [2.75, 3.05) is 18.4 Å². The van der Waals surface area contributed by atoms with Gasteiger partial charge in [0.2, 0.25) is 5.91 Å². The summed E-state index contributed by atoms with van der Waals surface area (Å²) in [6, 6.07) is 7.82. The largest absolute Gasteiger partial charge is 0.393 e. The van der Waals surface area contributed by atoms with Crippen LogP contribution in [-0.2, 0) is 4.79 Å². The Labute approximate surface area is 157 Å². The lowest BCUT2D eigenvalue weighted by atomic mass is 9.93. The van der Waals surface area contributed by atoms with E-state index in [4.69, 9.17) is 0 Å². The van der Waals surface area contributed by atoms with Crippen LogP contribution in [0.15, 0.2) is 33.7 Å². The Morgan fingerprint density at radius 1 is 1.24 bits per heavy atom. The van der Waals surface area contributed by atoms with E-state index in [1.165, 1.54) is 0 Å². The Kier molecular flexibility index (Phi) is 8.21. The van der Waals surface area contributed by atoms with E-state index in [1.807, 2.05) is 31.2 Å². The Balaban J connectivity index is 1.77. The molecule has 0 bridgehead atoms. The first-order valence-corrected chi connectivity index (χ1v) is 9.64. The van der Waals surface area contributed by atoms with Crippen molar-refractivity contribution in [2.24, 2.45) is 4.99 Å². The highest BCUT2D eigenvalue weighted by atomic mass is 79.9. The monoisotopic (exact) mass is 410 g/mol. The first-order chi connectivity index (χ1) is 12.1. The maximum Gasteiger partial charge on any atom is 0.226 e. The predicted octanol–water partition coefficient (Wildman–Crippen LogP) is 2.64. The van der Waals surface area contributed by atoms with Crippen molar-refractivity contribution in [3.63, 3.8) is 0 Å². The van der Waals surface area contributed by atoms with Crippen LogP contribution in [0.1, 0.15) is 39.0 Å². The molecule has 0 radical (unpaired) electrons. The highest BCUT2D eigenvalue weighted by Crippen LogP contribution is 2.18. The fourth-order valence-electron chi connectivity index (χ4n) is 2.76. The van der Waals surface area contributed by atoms with Crippen LogP contribution in [-0.4, -0.2) is 42.2 Å². The summed E-state index contributed by atoms with van der Waals surface area (Å²) < 4.78 is 0.978. The van der Waals surface area contributed by atoms with Gasteiger partial charge in [0.1, 0.15) is 0 Å². The number of carbonyl (C=O) groups is 1. The number of hydrogen-bond donors (Lipinski definition) is 4. The van der Waals surface area contributed by atoms with Gasteiger partial charge in [-0.05, 0) is 56.9 Å². The maximum atomic E-state index is 12.0. The van der Waals surface area contributed by atoms with Crippen molar-refractivity contribution in [1.82, 2.24) is 10.6 Å². The van der Waals surface area contributed by atoms with Gasteiger partial charge in [0.05, 0.1) is 12.6 Å². The highest BCUT2D eigenvalue weighted by Gasteiger charge is 2.19. The molecule has 0 spiro atoms. The minimum Gasteiger partial charge on any atom is -0.393 e. The molecule has 1 aliphatic carbocycles. The second-order valence-corrected chi connectivity index (χ2v) is 7.13. The molecule has 1 amide bonds. The first-order valence-electron chi connectivity index (χ1n) is 8.85. The van der Waals surface area contributed by atoms with Crippen molar-refractivity contribution in [3.05, 3.63) is 28.7 Å². The molecule has 4 N–H and O–H groups in total. The zero-order valence-corrected chi connectivity index (χ0v) is 16.2. The molecule has 1 aliphatic rings. The molecule has 1 aromatic rings.